The third-order valence-corrected chi connectivity index (χ3v) is 6.83. The van der Waals surface area contributed by atoms with Gasteiger partial charge >= 0.3 is 5.24 Å². The number of thioether (sulfide) groups is 1. The predicted molar refractivity (Wildman–Crippen MR) is 142 cm³/mol. The predicted octanol–water partition coefficient (Wildman–Crippen LogP) is 5.89. The van der Waals surface area contributed by atoms with Crippen molar-refractivity contribution in [2.75, 3.05) is 18.8 Å². The normalized spacial score (nSPS) is 15.2. The maximum absolute atomic E-state index is 13.0. The number of hydrogen-bond acceptors (Lipinski definition) is 7. The summed E-state index contributed by atoms with van der Waals surface area (Å²) >= 11 is 1.21. The maximum atomic E-state index is 13.0. The van der Waals surface area contributed by atoms with Crippen molar-refractivity contribution in [3.63, 3.8) is 0 Å². The van der Waals surface area contributed by atoms with E-state index in [-0.39, 0.29) is 28.7 Å². The lowest BCUT2D eigenvalue weighted by molar-refractivity contribution is 0.102. The summed E-state index contributed by atoms with van der Waals surface area (Å²) in [5.41, 5.74) is 3.38. The molecule has 1 atom stereocenters. The number of amides is 2. The molecule has 1 N–H and O–H groups in total. The highest BCUT2D eigenvalue weighted by molar-refractivity contribution is 8.14. The first-order valence-electron chi connectivity index (χ1n) is 11.8. The number of carbonyl (C=O) groups excluding carboxylic acids is 2. The number of nitrogens with zero attached hydrogens (tertiary/aromatic N) is 3. The minimum Gasteiger partial charge on any atom is -0.490 e. The molecule has 0 spiro atoms. The van der Waals surface area contributed by atoms with Gasteiger partial charge in [-0.2, -0.15) is 5.10 Å². The molecule has 1 aromatic heterocycles. The third-order valence-electron chi connectivity index (χ3n) is 5.58. The molecule has 1 aliphatic rings. The van der Waals surface area contributed by atoms with Gasteiger partial charge in [-0.3, -0.25) is 14.6 Å². The second-order valence-corrected chi connectivity index (χ2v) is 9.22. The Bertz CT molecular complexity index is 1270. The molecule has 192 valence electrons. The van der Waals surface area contributed by atoms with Gasteiger partial charge in [0.15, 0.2) is 11.5 Å². The van der Waals surface area contributed by atoms with Crippen LogP contribution < -0.4 is 14.8 Å². The van der Waals surface area contributed by atoms with Crippen molar-refractivity contribution in [1.29, 1.82) is 0 Å². The van der Waals surface area contributed by atoms with Crippen molar-refractivity contribution in [3.8, 4) is 11.5 Å². The van der Waals surface area contributed by atoms with E-state index < -0.39 is 6.86 Å². The van der Waals surface area contributed by atoms with Crippen LogP contribution in [0, 0.1) is 0 Å². The van der Waals surface area contributed by atoms with E-state index >= 15 is 0 Å². The van der Waals surface area contributed by atoms with Gasteiger partial charge in [0.2, 0.25) is 6.86 Å². The summed E-state index contributed by atoms with van der Waals surface area (Å²) in [5.74, 6) is 0.483. The number of ether oxygens (including phenoxy) is 2. The molecule has 2 amide bonds. The standard InChI is InChI=1S/C27H27FN4O4S/c1-3-24-25(19-9-12-22(35-4-2)23(14-19)36-17-28)31-32(27(34)37-24)16-18-7-10-21(11-8-18)30-26(33)20-6-5-13-29-15-20/h5-15,24H,3-4,16-17H2,1-2H3,(H,30,33). The van der Waals surface area contributed by atoms with E-state index in [1.54, 1.807) is 42.6 Å². The summed E-state index contributed by atoms with van der Waals surface area (Å²) in [6, 6.07) is 15.9. The number of alkyl halides is 1. The Morgan fingerprint density at radius 3 is 2.59 bits per heavy atom. The van der Waals surface area contributed by atoms with E-state index in [9.17, 15) is 14.0 Å². The molecular formula is C27H27FN4O4S. The molecule has 1 aliphatic heterocycles. The molecule has 0 aliphatic carbocycles. The fourth-order valence-electron chi connectivity index (χ4n) is 3.77. The van der Waals surface area contributed by atoms with Gasteiger partial charge in [-0.25, -0.2) is 9.40 Å². The molecule has 0 saturated carbocycles. The Morgan fingerprint density at radius 1 is 1.11 bits per heavy atom. The van der Waals surface area contributed by atoms with Crippen LogP contribution in [0.4, 0.5) is 14.9 Å². The summed E-state index contributed by atoms with van der Waals surface area (Å²) in [5, 5.41) is 8.62. The van der Waals surface area contributed by atoms with Crippen molar-refractivity contribution in [3.05, 3.63) is 83.7 Å². The van der Waals surface area contributed by atoms with Gasteiger partial charge in [0, 0.05) is 23.6 Å². The molecule has 10 heteroatoms. The van der Waals surface area contributed by atoms with Gasteiger partial charge in [-0.15, -0.1) is 0 Å². The molecule has 4 rings (SSSR count). The van der Waals surface area contributed by atoms with Gasteiger partial charge < -0.3 is 14.8 Å². The summed E-state index contributed by atoms with van der Waals surface area (Å²) in [6.45, 7) is 3.53. The fourth-order valence-corrected chi connectivity index (χ4v) is 4.71. The van der Waals surface area contributed by atoms with Crippen molar-refractivity contribution in [2.24, 2.45) is 5.10 Å². The largest absolute Gasteiger partial charge is 0.490 e. The van der Waals surface area contributed by atoms with Crippen LogP contribution in [-0.4, -0.2) is 45.6 Å². The van der Waals surface area contributed by atoms with Crippen molar-refractivity contribution < 1.29 is 23.5 Å². The molecule has 0 fully saturated rings. The molecule has 37 heavy (non-hydrogen) atoms. The molecule has 2 heterocycles. The van der Waals surface area contributed by atoms with Crippen LogP contribution in [0.15, 0.2) is 72.1 Å². The highest BCUT2D eigenvalue weighted by Gasteiger charge is 2.30. The Morgan fingerprint density at radius 2 is 1.92 bits per heavy atom. The number of carbonyl (C=O) groups is 2. The van der Waals surface area contributed by atoms with Crippen LogP contribution in [0.5, 0.6) is 11.5 Å². The summed E-state index contributed by atoms with van der Waals surface area (Å²) in [4.78, 5) is 29.2. The minimum absolute atomic E-state index is 0.148. The number of hydrazone groups is 1. The van der Waals surface area contributed by atoms with Crippen molar-refractivity contribution in [2.45, 2.75) is 32.1 Å². The highest BCUT2D eigenvalue weighted by atomic mass is 32.2. The van der Waals surface area contributed by atoms with Crippen LogP contribution in [0.1, 0.15) is 41.8 Å². The van der Waals surface area contributed by atoms with E-state index in [0.717, 1.165) is 11.1 Å². The number of pyridine rings is 1. The number of rotatable bonds is 10. The molecule has 0 bridgehead atoms. The molecule has 8 nitrogen and oxygen atoms in total. The van der Waals surface area contributed by atoms with E-state index in [4.69, 9.17) is 9.47 Å². The van der Waals surface area contributed by atoms with E-state index in [1.165, 1.54) is 23.0 Å². The molecule has 2 aromatic carbocycles. The quantitative estimate of drug-likeness (QED) is 0.357. The number of anilines is 1. The zero-order valence-corrected chi connectivity index (χ0v) is 21.3. The average molecular weight is 523 g/mol. The molecular weight excluding hydrogens is 495 g/mol. The third kappa shape index (κ3) is 6.45. The SMILES string of the molecule is CCOc1ccc(C2=NN(Cc3ccc(NC(=O)c4cccnc4)cc3)C(=O)SC2CC)cc1OCF. The second kappa shape index (κ2) is 12.4. The summed E-state index contributed by atoms with van der Waals surface area (Å²) in [6.07, 6.45) is 3.80. The van der Waals surface area contributed by atoms with Gasteiger partial charge in [-0.1, -0.05) is 30.8 Å². The van der Waals surface area contributed by atoms with Crippen LogP contribution in [0.25, 0.3) is 0 Å². The number of benzene rings is 2. The van der Waals surface area contributed by atoms with Crippen LogP contribution in [-0.2, 0) is 6.54 Å². The lowest BCUT2D eigenvalue weighted by atomic mass is 10.0. The monoisotopic (exact) mass is 522 g/mol. The van der Waals surface area contributed by atoms with Crippen LogP contribution in [0.2, 0.25) is 0 Å². The maximum Gasteiger partial charge on any atom is 0.302 e. The van der Waals surface area contributed by atoms with E-state index in [2.05, 4.69) is 15.4 Å². The first-order chi connectivity index (χ1) is 18.0. The van der Waals surface area contributed by atoms with E-state index in [0.29, 0.717) is 35.7 Å². The topological polar surface area (TPSA) is 93.1 Å². The number of hydrogen-bond donors (Lipinski definition) is 1. The zero-order chi connectivity index (χ0) is 26.2. The Hall–Kier alpha value is -3.92. The van der Waals surface area contributed by atoms with Crippen molar-refractivity contribution in [1.82, 2.24) is 9.99 Å². The lowest BCUT2D eigenvalue weighted by Gasteiger charge is -2.28. The number of halogens is 1. The molecule has 0 saturated heterocycles. The van der Waals surface area contributed by atoms with E-state index in [1.807, 2.05) is 32.0 Å². The lowest BCUT2D eigenvalue weighted by Crippen LogP contribution is -2.34. The first kappa shape index (κ1) is 26.2. The summed E-state index contributed by atoms with van der Waals surface area (Å²) in [7, 11) is 0. The van der Waals surface area contributed by atoms with Gasteiger partial charge in [-0.05, 0) is 61.4 Å². The molecule has 0 radical (unpaired) electrons. The average Bonchev–Trinajstić information content (AvgIpc) is 2.92. The highest BCUT2D eigenvalue weighted by Crippen LogP contribution is 2.34. The second-order valence-electron chi connectivity index (χ2n) is 8.06. The van der Waals surface area contributed by atoms with Gasteiger partial charge in [0.25, 0.3) is 5.91 Å². The smallest absolute Gasteiger partial charge is 0.302 e. The zero-order valence-electron chi connectivity index (χ0n) is 20.5. The van der Waals surface area contributed by atoms with Crippen molar-refractivity contribution >= 4 is 34.3 Å². The number of aromatic nitrogens is 1. The Kier molecular flexibility index (Phi) is 8.73. The first-order valence-corrected chi connectivity index (χ1v) is 12.7. The summed E-state index contributed by atoms with van der Waals surface area (Å²) < 4.78 is 23.6. The Balaban J connectivity index is 1.52. The van der Waals surface area contributed by atoms with Crippen LogP contribution >= 0.6 is 11.8 Å². The molecule has 1 unspecified atom stereocenters. The number of nitrogens with one attached hydrogen (secondary N) is 1. The van der Waals surface area contributed by atoms with Gasteiger partial charge in [0.05, 0.1) is 29.7 Å². The fraction of sp³-hybridized carbons (Fsp3) is 0.259. The Labute approximate surface area is 218 Å². The van der Waals surface area contributed by atoms with Gasteiger partial charge in [0.1, 0.15) is 0 Å². The minimum atomic E-state index is -0.981. The van der Waals surface area contributed by atoms with Crippen LogP contribution in [0.3, 0.4) is 0 Å². The molecule has 3 aromatic rings.